The van der Waals surface area contributed by atoms with Crippen LogP contribution in [0.25, 0.3) is 21.9 Å². The zero-order valence-electron chi connectivity index (χ0n) is 14.4. The number of amides is 2. The molecule has 0 unspecified atom stereocenters. The fourth-order valence-corrected chi connectivity index (χ4v) is 2.94. The molecule has 4 aromatic rings. The Morgan fingerprint density at radius 3 is 2.70 bits per heavy atom. The first-order valence-electron chi connectivity index (χ1n) is 8.36. The quantitative estimate of drug-likeness (QED) is 0.558. The molecule has 0 saturated carbocycles. The van der Waals surface area contributed by atoms with Crippen molar-refractivity contribution in [1.82, 2.24) is 0 Å². The number of nitrogens with one attached hydrogen (secondary N) is 1. The maximum atomic E-state index is 12.7. The second-order valence-electron chi connectivity index (χ2n) is 5.84. The predicted octanol–water partition coefficient (Wildman–Crippen LogP) is 3.93. The molecule has 3 N–H and O–H groups in total. The molecular formula is C20H16N2O5. The lowest BCUT2D eigenvalue weighted by Gasteiger charge is -2.03. The summed E-state index contributed by atoms with van der Waals surface area (Å²) < 4.78 is 16.7. The summed E-state index contributed by atoms with van der Waals surface area (Å²) in [6.07, 6.45) is 0. The fraction of sp³-hybridized carbons (Fsp3) is 0.100. The Morgan fingerprint density at radius 1 is 1.11 bits per heavy atom. The van der Waals surface area contributed by atoms with Gasteiger partial charge in [-0.3, -0.25) is 9.59 Å². The van der Waals surface area contributed by atoms with Gasteiger partial charge in [0, 0.05) is 10.8 Å². The van der Waals surface area contributed by atoms with Crippen LogP contribution in [0.1, 0.15) is 28.0 Å². The molecule has 7 heteroatoms. The van der Waals surface area contributed by atoms with Crippen LogP contribution in [0.5, 0.6) is 5.75 Å². The Morgan fingerprint density at radius 2 is 1.93 bits per heavy atom. The van der Waals surface area contributed by atoms with Gasteiger partial charge in [-0.2, -0.15) is 0 Å². The van der Waals surface area contributed by atoms with Gasteiger partial charge in [0.05, 0.1) is 6.61 Å². The van der Waals surface area contributed by atoms with E-state index in [-0.39, 0.29) is 17.2 Å². The molecule has 0 aliphatic carbocycles. The smallest absolute Gasteiger partial charge is 0.291 e. The van der Waals surface area contributed by atoms with Crippen molar-refractivity contribution in [3.8, 4) is 5.75 Å². The Hall–Kier alpha value is -3.74. The van der Waals surface area contributed by atoms with Crippen LogP contribution >= 0.6 is 0 Å². The first-order valence-corrected chi connectivity index (χ1v) is 8.36. The average Bonchev–Trinajstić information content (AvgIpc) is 3.25. The van der Waals surface area contributed by atoms with Crippen molar-refractivity contribution in [2.45, 2.75) is 6.92 Å². The number of primary amides is 1. The highest BCUT2D eigenvalue weighted by molar-refractivity contribution is 6.14. The number of para-hydroxylation sites is 2. The molecule has 27 heavy (non-hydrogen) atoms. The van der Waals surface area contributed by atoms with Gasteiger partial charge in [0.25, 0.3) is 11.8 Å². The number of rotatable bonds is 5. The van der Waals surface area contributed by atoms with Crippen molar-refractivity contribution < 1.29 is 23.2 Å². The molecule has 0 radical (unpaired) electrons. The van der Waals surface area contributed by atoms with Gasteiger partial charge in [-0.1, -0.05) is 24.3 Å². The molecule has 2 amide bonds. The molecule has 0 spiro atoms. The van der Waals surface area contributed by atoms with Crippen LogP contribution in [-0.4, -0.2) is 18.4 Å². The fourth-order valence-electron chi connectivity index (χ4n) is 2.94. The molecule has 0 aliphatic rings. The van der Waals surface area contributed by atoms with Gasteiger partial charge in [0.15, 0.2) is 17.1 Å². The predicted molar refractivity (Wildman–Crippen MR) is 100 cm³/mol. The van der Waals surface area contributed by atoms with Gasteiger partial charge < -0.3 is 24.6 Å². The number of ether oxygens (including phenoxy) is 1. The highest BCUT2D eigenvalue weighted by Crippen LogP contribution is 2.32. The number of furan rings is 2. The largest absolute Gasteiger partial charge is 0.490 e. The van der Waals surface area contributed by atoms with E-state index in [1.807, 2.05) is 19.1 Å². The van der Waals surface area contributed by atoms with Gasteiger partial charge in [-0.15, -0.1) is 0 Å². The highest BCUT2D eigenvalue weighted by Gasteiger charge is 2.22. The van der Waals surface area contributed by atoms with Gasteiger partial charge in [-0.05, 0) is 31.2 Å². The van der Waals surface area contributed by atoms with E-state index in [0.717, 1.165) is 5.39 Å². The lowest BCUT2D eigenvalue weighted by atomic mass is 10.2. The number of benzene rings is 2. The minimum absolute atomic E-state index is 0.0813. The SMILES string of the molecule is CCOc1cccc2cc(C(=O)Nc3c(C(N)=O)oc4ccccc34)oc12. The summed E-state index contributed by atoms with van der Waals surface area (Å²) in [6, 6.07) is 14.0. The third-order valence-electron chi connectivity index (χ3n) is 4.09. The molecule has 4 rings (SSSR count). The third-order valence-corrected chi connectivity index (χ3v) is 4.09. The van der Waals surface area contributed by atoms with E-state index in [1.54, 1.807) is 36.4 Å². The molecule has 7 nitrogen and oxygen atoms in total. The van der Waals surface area contributed by atoms with Crippen molar-refractivity contribution in [3.63, 3.8) is 0 Å². The van der Waals surface area contributed by atoms with E-state index >= 15 is 0 Å². The summed E-state index contributed by atoms with van der Waals surface area (Å²) in [5, 5.41) is 3.98. The summed E-state index contributed by atoms with van der Waals surface area (Å²) in [5.41, 5.74) is 6.53. The Kier molecular flexibility index (Phi) is 4.04. The van der Waals surface area contributed by atoms with Crippen molar-refractivity contribution in [2.75, 3.05) is 11.9 Å². The van der Waals surface area contributed by atoms with Gasteiger partial charge >= 0.3 is 0 Å². The van der Waals surface area contributed by atoms with E-state index in [4.69, 9.17) is 19.3 Å². The minimum atomic E-state index is -0.773. The molecule has 0 atom stereocenters. The standard InChI is InChI=1S/C20H16N2O5/c1-2-25-14-9-5-6-11-10-15(27-17(11)14)20(24)22-16-12-7-3-4-8-13(12)26-18(16)19(21)23/h3-10H,2H2,1H3,(H2,21,23)(H,22,24). The van der Waals surface area contributed by atoms with Crippen LogP contribution in [0.15, 0.2) is 57.4 Å². The van der Waals surface area contributed by atoms with Crippen LogP contribution in [0, 0.1) is 0 Å². The zero-order valence-corrected chi connectivity index (χ0v) is 14.4. The van der Waals surface area contributed by atoms with Crippen molar-refractivity contribution in [1.29, 1.82) is 0 Å². The summed E-state index contributed by atoms with van der Waals surface area (Å²) in [4.78, 5) is 24.4. The van der Waals surface area contributed by atoms with Gasteiger partial charge in [-0.25, -0.2) is 0 Å². The van der Waals surface area contributed by atoms with E-state index in [9.17, 15) is 9.59 Å². The van der Waals surface area contributed by atoms with Crippen LogP contribution in [0.4, 0.5) is 5.69 Å². The Bertz CT molecular complexity index is 1170. The summed E-state index contributed by atoms with van der Waals surface area (Å²) in [5.74, 6) is -0.776. The second-order valence-corrected chi connectivity index (χ2v) is 5.84. The van der Waals surface area contributed by atoms with E-state index in [1.165, 1.54) is 0 Å². The third kappa shape index (κ3) is 2.89. The highest BCUT2D eigenvalue weighted by atomic mass is 16.5. The van der Waals surface area contributed by atoms with E-state index in [0.29, 0.717) is 28.9 Å². The van der Waals surface area contributed by atoms with Gasteiger partial charge in [0.1, 0.15) is 11.3 Å². The molecule has 0 fully saturated rings. The topological polar surface area (TPSA) is 108 Å². The van der Waals surface area contributed by atoms with Crippen LogP contribution in [0.3, 0.4) is 0 Å². The number of carbonyl (C=O) groups is 2. The number of fused-ring (bicyclic) bond motifs is 2. The van der Waals surface area contributed by atoms with Crippen LogP contribution in [-0.2, 0) is 0 Å². The molecule has 2 aromatic carbocycles. The molecule has 0 aliphatic heterocycles. The average molecular weight is 364 g/mol. The van der Waals surface area contributed by atoms with E-state index < -0.39 is 11.8 Å². The summed E-state index contributed by atoms with van der Waals surface area (Å²) in [6.45, 7) is 2.34. The van der Waals surface area contributed by atoms with Gasteiger partial charge in [0.2, 0.25) is 5.76 Å². The Labute approximate surface area is 153 Å². The molecule has 2 aromatic heterocycles. The van der Waals surface area contributed by atoms with Crippen molar-refractivity contribution >= 4 is 39.4 Å². The van der Waals surface area contributed by atoms with Crippen LogP contribution < -0.4 is 15.8 Å². The normalized spacial score (nSPS) is 11.0. The minimum Gasteiger partial charge on any atom is -0.490 e. The number of anilines is 1. The Balaban J connectivity index is 1.74. The first kappa shape index (κ1) is 16.7. The molecule has 136 valence electrons. The molecule has 0 bridgehead atoms. The summed E-state index contributed by atoms with van der Waals surface area (Å²) in [7, 11) is 0. The molecule has 2 heterocycles. The first-order chi connectivity index (χ1) is 13.1. The number of nitrogens with two attached hydrogens (primary N) is 1. The number of hydrogen-bond donors (Lipinski definition) is 2. The summed E-state index contributed by atoms with van der Waals surface area (Å²) >= 11 is 0. The maximum Gasteiger partial charge on any atom is 0.291 e. The van der Waals surface area contributed by atoms with Crippen molar-refractivity contribution in [2.24, 2.45) is 5.73 Å². The molecule has 0 saturated heterocycles. The lowest BCUT2D eigenvalue weighted by molar-refractivity contribution is 0.0977. The van der Waals surface area contributed by atoms with Crippen molar-refractivity contribution in [3.05, 3.63) is 60.1 Å². The maximum absolute atomic E-state index is 12.7. The number of hydrogen-bond acceptors (Lipinski definition) is 5. The monoisotopic (exact) mass is 364 g/mol. The number of carbonyl (C=O) groups excluding carboxylic acids is 2. The zero-order chi connectivity index (χ0) is 19.0. The lowest BCUT2D eigenvalue weighted by Crippen LogP contribution is -2.16. The van der Waals surface area contributed by atoms with E-state index in [2.05, 4.69) is 5.32 Å². The second kappa shape index (κ2) is 6.53. The molecular weight excluding hydrogens is 348 g/mol. The van der Waals surface area contributed by atoms with Crippen LogP contribution in [0.2, 0.25) is 0 Å².